The molecule has 0 saturated heterocycles. The van der Waals surface area contributed by atoms with Gasteiger partial charge in [0, 0.05) is 17.8 Å². The van der Waals surface area contributed by atoms with Gasteiger partial charge in [-0.3, -0.25) is 4.99 Å². The lowest BCUT2D eigenvalue weighted by molar-refractivity contribution is 0.334. The molecule has 0 saturated carbocycles. The van der Waals surface area contributed by atoms with Gasteiger partial charge in [0.2, 0.25) is 0 Å². The average molecular weight is 267 g/mol. The first-order valence-electron chi connectivity index (χ1n) is 7.66. The molecule has 1 aromatic rings. The first-order chi connectivity index (χ1) is 9.60. The molecule has 106 valence electrons. The van der Waals surface area contributed by atoms with Gasteiger partial charge in [-0.15, -0.1) is 5.92 Å². The van der Waals surface area contributed by atoms with Crippen molar-refractivity contribution in [2.75, 3.05) is 6.54 Å². The maximum atomic E-state index is 4.76. The summed E-state index contributed by atoms with van der Waals surface area (Å²) in [6.07, 6.45) is 2.43. The standard InChI is InChI=1S/C19H25N/c1-5-6-16-7-9-18(10-8-16)19-12-17(13-20-19)11-15(4)14(2)3/h7-10,14-15,17H,11-13H2,1-4H3. The molecule has 2 unspecified atom stereocenters. The third-order valence-electron chi connectivity index (χ3n) is 4.35. The minimum absolute atomic E-state index is 0.734. The Balaban J connectivity index is 1.96. The van der Waals surface area contributed by atoms with Gasteiger partial charge in [-0.25, -0.2) is 0 Å². The van der Waals surface area contributed by atoms with Crippen LogP contribution in [0.4, 0.5) is 0 Å². The second kappa shape index (κ2) is 6.75. The van der Waals surface area contributed by atoms with Crippen LogP contribution in [-0.4, -0.2) is 12.3 Å². The summed E-state index contributed by atoms with van der Waals surface area (Å²) in [4.78, 5) is 4.76. The van der Waals surface area contributed by atoms with Crippen molar-refractivity contribution in [3.05, 3.63) is 35.4 Å². The average Bonchev–Trinajstić information content (AvgIpc) is 2.88. The van der Waals surface area contributed by atoms with Crippen LogP contribution in [-0.2, 0) is 0 Å². The zero-order valence-corrected chi connectivity index (χ0v) is 13.1. The van der Waals surface area contributed by atoms with E-state index in [9.17, 15) is 0 Å². The lowest BCUT2D eigenvalue weighted by atomic mass is 9.86. The van der Waals surface area contributed by atoms with Crippen LogP contribution in [0.5, 0.6) is 0 Å². The van der Waals surface area contributed by atoms with E-state index in [1.807, 2.05) is 6.92 Å². The van der Waals surface area contributed by atoms with Crippen LogP contribution in [0, 0.1) is 29.6 Å². The smallest absolute Gasteiger partial charge is 0.0424 e. The van der Waals surface area contributed by atoms with E-state index >= 15 is 0 Å². The Morgan fingerprint density at radius 2 is 1.90 bits per heavy atom. The van der Waals surface area contributed by atoms with Crippen molar-refractivity contribution in [3.8, 4) is 11.8 Å². The van der Waals surface area contributed by atoms with Gasteiger partial charge in [-0.1, -0.05) is 38.8 Å². The number of aliphatic imine (C=N–C) groups is 1. The van der Waals surface area contributed by atoms with Crippen molar-refractivity contribution in [2.24, 2.45) is 22.7 Å². The molecule has 2 atom stereocenters. The summed E-state index contributed by atoms with van der Waals surface area (Å²) in [5.41, 5.74) is 3.63. The normalized spacial score (nSPS) is 19.4. The highest BCUT2D eigenvalue weighted by molar-refractivity contribution is 6.01. The lowest BCUT2D eigenvalue weighted by Gasteiger charge is -2.19. The topological polar surface area (TPSA) is 12.4 Å². The molecular weight excluding hydrogens is 242 g/mol. The molecule has 0 aromatic heterocycles. The monoisotopic (exact) mass is 267 g/mol. The molecule has 0 fully saturated rings. The van der Waals surface area contributed by atoms with E-state index in [0.717, 1.165) is 36.3 Å². The molecule has 0 N–H and O–H groups in total. The molecule has 2 rings (SSSR count). The van der Waals surface area contributed by atoms with Gasteiger partial charge in [-0.2, -0.15) is 0 Å². The largest absolute Gasteiger partial charge is 0.289 e. The Morgan fingerprint density at radius 1 is 1.20 bits per heavy atom. The van der Waals surface area contributed by atoms with Crippen molar-refractivity contribution in [1.29, 1.82) is 0 Å². The van der Waals surface area contributed by atoms with E-state index < -0.39 is 0 Å². The van der Waals surface area contributed by atoms with E-state index in [-0.39, 0.29) is 0 Å². The molecule has 1 aliphatic rings. The molecule has 0 radical (unpaired) electrons. The Morgan fingerprint density at radius 3 is 2.50 bits per heavy atom. The summed E-state index contributed by atoms with van der Waals surface area (Å²) < 4.78 is 0. The van der Waals surface area contributed by atoms with E-state index in [1.54, 1.807) is 0 Å². The van der Waals surface area contributed by atoms with Gasteiger partial charge in [-0.05, 0) is 55.2 Å². The molecule has 1 heterocycles. The summed E-state index contributed by atoms with van der Waals surface area (Å²) in [6.45, 7) is 9.86. The Hall–Kier alpha value is -1.55. The minimum Gasteiger partial charge on any atom is -0.289 e. The van der Waals surface area contributed by atoms with Crippen molar-refractivity contribution in [2.45, 2.75) is 40.5 Å². The molecule has 0 spiro atoms. The maximum Gasteiger partial charge on any atom is 0.0424 e. The summed E-state index contributed by atoms with van der Waals surface area (Å²) in [5.74, 6) is 8.31. The second-order valence-electron chi connectivity index (χ2n) is 6.27. The molecule has 1 nitrogen and oxygen atoms in total. The lowest BCUT2D eigenvalue weighted by Crippen LogP contribution is -2.12. The van der Waals surface area contributed by atoms with Gasteiger partial charge < -0.3 is 0 Å². The Bertz CT molecular complexity index is 525. The van der Waals surface area contributed by atoms with Gasteiger partial charge in [0.1, 0.15) is 0 Å². The van der Waals surface area contributed by atoms with E-state index in [2.05, 4.69) is 56.9 Å². The highest BCUT2D eigenvalue weighted by Gasteiger charge is 2.22. The molecule has 0 bridgehead atoms. The SMILES string of the molecule is CC#Cc1ccc(C2=NCC(CC(C)C(C)C)C2)cc1. The zero-order chi connectivity index (χ0) is 14.5. The van der Waals surface area contributed by atoms with E-state index in [1.165, 1.54) is 17.7 Å². The summed E-state index contributed by atoms with van der Waals surface area (Å²) in [7, 11) is 0. The quantitative estimate of drug-likeness (QED) is 0.710. The van der Waals surface area contributed by atoms with Crippen LogP contribution >= 0.6 is 0 Å². The fraction of sp³-hybridized carbons (Fsp3) is 0.526. The van der Waals surface area contributed by atoms with Crippen LogP contribution in [0.3, 0.4) is 0 Å². The van der Waals surface area contributed by atoms with Crippen molar-refractivity contribution in [1.82, 2.24) is 0 Å². The van der Waals surface area contributed by atoms with Crippen LogP contribution < -0.4 is 0 Å². The molecule has 1 aromatic carbocycles. The van der Waals surface area contributed by atoms with Gasteiger partial charge >= 0.3 is 0 Å². The predicted octanol–water partition coefficient (Wildman–Crippen LogP) is 4.55. The van der Waals surface area contributed by atoms with E-state index in [4.69, 9.17) is 4.99 Å². The number of nitrogens with zero attached hydrogens (tertiary/aromatic N) is 1. The summed E-state index contributed by atoms with van der Waals surface area (Å²) >= 11 is 0. The van der Waals surface area contributed by atoms with Gasteiger partial charge in [0.25, 0.3) is 0 Å². The number of benzene rings is 1. The van der Waals surface area contributed by atoms with Crippen LogP contribution in [0.1, 0.15) is 51.7 Å². The number of hydrogen-bond donors (Lipinski definition) is 0. The molecule has 0 aliphatic carbocycles. The molecule has 1 heteroatoms. The highest BCUT2D eigenvalue weighted by Crippen LogP contribution is 2.27. The van der Waals surface area contributed by atoms with Crippen molar-refractivity contribution >= 4 is 5.71 Å². The third-order valence-corrected chi connectivity index (χ3v) is 4.35. The Labute approximate surface area is 123 Å². The first kappa shape index (κ1) is 14.9. The Kier molecular flexibility index (Phi) is 5.01. The number of rotatable bonds is 4. The molecular formula is C19H25N. The fourth-order valence-electron chi connectivity index (χ4n) is 2.70. The highest BCUT2D eigenvalue weighted by atomic mass is 14.8. The fourth-order valence-corrected chi connectivity index (χ4v) is 2.70. The zero-order valence-electron chi connectivity index (χ0n) is 13.1. The van der Waals surface area contributed by atoms with Crippen molar-refractivity contribution in [3.63, 3.8) is 0 Å². The first-order valence-corrected chi connectivity index (χ1v) is 7.66. The van der Waals surface area contributed by atoms with E-state index in [0.29, 0.717) is 0 Å². The summed E-state index contributed by atoms with van der Waals surface area (Å²) in [6, 6.07) is 8.51. The van der Waals surface area contributed by atoms with Crippen LogP contribution in [0.25, 0.3) is 0 Å². The third kappa shape index (κ3) is 3.73. The van der Waals surface area contributed by atoms with Gasteiger partial charge in [0.05, 0.1) is 0 Å². The minimum atomic E-state index is 0.734. The molecule has 20 heavy (non-hydrogen) atoms. The van der Waals surface area contributed by atoms with Crippen LogP contribution in [0.2, 0.25) is 0 Å². The second-order valence-corrected chi connectivity index (χ2v) is 6.27. The van der Waals surface area contributed by atoms with Crippen LogP contribution in [0.15, 0.2) is 29.3 Å². The molecule has 0 amide bonds. The predicted molar refractivity (Wildman–Crippen MR) is 87.1 cm³/mol. The molecule has 1 aliphatic heterocycles. The summed E-state index contributed by atoms with van der Waals surface area (Å²) in [5, 5.41) is 0. The number of hydrogen-bond acceptors (Lipinski definition) is 1. The maximum absolute atomic E-state index is 4.76. The van der Waals surface area contributed by atoms with Crippen molar-refractivity contribution < 1.29 is 0 Å². The van der Waals surface area contributed by atoms with Gasteiger partial charge in [0.15, 0.2) is 0 Å².